The minimum Gasteiger partial charge on any atom is -0.492 e. The number of carbonyl (C=O) groups is 3. The Morgan fingerprint density at radius 3 is 2.26 bits per heavy atom. The van der Waals surface area contributed by atoms with Crippen LogP contribution in [0.15, 0.2) is 90.0 Å². The van der Waals surface area contributed by atoms with Crippen molar-refractivity contribution < 1.29 is 26.7 Å². The number of rotatable bonds is 17. The molecule has 2 aromatic carbocycles. The summed E-state index contributed by atoms with van der Waals surface area (Å²) in [7, 11) is 0. The van der Waals surface area contributed by atoms with Crippen molar-refractivity contribution in [3.8, 4) is 11.5 Å². The summed E-state index contributed by atoms with van der Waals surface area (Å²) in [5, 5.41) is 2.99. The van der Waals surface area contributed by atoms with Crippen molar-refractivity contribution in [2.45, 2.75) is 85.5 Å². The molecule has 6 aromatic rings. The molecule has 10 rings (SSSR count). The maximum atomic E-state index is 13.9. The monoisotopic (exact) mass is 1050 g/mol. The molecular weight excluding hydrogens is 973 g/mol. The van der Waals surface area contributed by atoms with Crippen molar-refractivity contribution in [3.05, 3.63) is 135 Å². The molecule has 18 nitrogen and oxygen atoms in total. The summed E-state index contributed by atoms with van der Waals surface area (Å²) in [5.74, 6) is 1.98. The number of nitrogens with zero attached hydrogens (tertiary/aromatic N) is 10. The van der Waals surface area contributed by atoms with Gasteiger partial charge in [0.25, 0.3) is 23.3 Å². The van der Waals surface area contributed by atoms with Gasteiger partial charge in [-0.3, -0.25) is 38.9 Å². The number of likely N-dealkylation sites (tertiary alicyclic amines) is 1. The van der Waals surface area contributed by atoms with Gasteiger partial charge in [0.1, 0.15) is 23.8 Å². The maximum absolute atomic E-state index is 13.9. The van der Waals surface area contributed by atoms with Gasteiger partial charge in [-0.2, -0.15) is 0 Å². The molecule has 0 spiro atoms. The lowest BCUT2D eigenvalue weighted by atomic mass is 9.96. The molecule has 77 heavy (non-hydrogen) atoms. The quantitative estimate of drug-likeness (QED) is 0.0935. The molecule has 0 unspecified atom stereocenters. The van der Waals surface area contributed by atoms with Crippen LogP contribution in [-0.2, 0) is 25.9 Å². The number of hydrogen-bond acceptors (Lipinski definition) is 13. The topological polar surface area (TPSA) is 178 Å². The molecule has 410 valence electrons. The highest BCUT2D eigenvalue weighted by molar-refractivity contribution is 6.02. The Balaban J connectivity index is 0.00000411. The van der Waals surface area contributed by atoms with E-state index in [4.69, 9.17) is 14.5 Å². The molecular formula is C59H78N12O6. The zero-order chi connectivity index (χ0) is 53.6. The minimum atomic E-state index is -0.293. The van der Waals surface area contributed by atoms with Crippen molar-refractivity contribution in [3.63, 3.8) is 0 Å². The van der Waals surface area contributed by atoms with E-state index >= 15 is 0 Å². The average Bonchev–Trinajstić information content (AvgIpc) is 4.08. The van der Waals surface area contributed by atoms with E-state index < -0.39 is 0 Å². The number of piperidine rings is 1. The lowest BCUT2D eigenvalue weighted by Crippen LogP contribution is -2.50. The number of aryl methyl sites for hydroxylation is 1. The predicted molar refractivity (Wildman–Crippen MR) is 302 cm³/mol. The van der Waals surface area contributed by atoms with Crippen LogP contribution in [-0.4, -0.2) is 165 Å². The molecule has 0 radical (unpaired) electrons. The van der Waals surface area contributed by atoms with Gasteiger partial charge in [-0.25, -0.2) is 9.97 Å². The van der Waals surface area contributed by atoms with Gasteiger partial charge >= 0.3 is 0 Å². The zero-order valence-electron chi connectivity index (χ0n) is 45.4. The van der Waals surface area contributed by atoms with E-state index in [0.29, 0.717) is 80.1 Å². The Hall–Kier alpha value is -7.15. The molecule has 4 aliphatic rings. The van der Waals surface area contributed by atoms with Crippen LogP contribution in [0.5, 0.6) is 11.5 Å². The summed E-state index contributed by atoms with van der Waals surface area (Å²) in [4.78, 5) is 83.9. The van der Waals surface area contributed by atoms with E-state index in [1.807, 2.05) is 129 Å². The number of piperazine rings is 2. The molecule has 0 atom stereocenters. The molecule has 8 heterocycles. The fourth-order valence-corrected chi connectivity index (χ4v) is 11.3. The molecule has 3 fully saturated rings. The van der Waals surface area contributed by atoms with E-state index in [-0.39, 0.29) is 38.3 Å². The number of amides is 3. The first-order valence-electron chi connectivity index (χ1n) is 27.7. The molecule has 0 aliphatic carbocycles. The summed E-state index contributed by atoms with van der Waals surface area (Å²) in [6.45, 7) is 22.7. The number of H-pyrrole nitrogens is 1. The second kappa shape index (κ2) is 24.0. The fourth-order valence-electron chi connectivity index (χ4n) is 11.3. The lowest BCUT2D eigenvalue weighted by Gasteiger charge is -2.38. The van der Waals surface area contributed by atoms with Crippen LogP contribution in [0.4, 0.5) is 11.4 Å². The van der Waals surface area contributed by atoms with Crippen molar-refractivity contribution in [1.29, 1.82) is 0 Å². The van der Waals surface area contributed by atoms with E-state index in [9.17, 15) is 19.2 Å². The highest BCUT2D eigenvalue weighted by Crippen LogP contribution is 2.28. The first-order chi connectivity index (χ1) is 37.3. The standard InChI is InChI=1S/C59H74N12O6.2H2/c1-6-44-34-51-52(64-56(44)72)32-43(35-60-51)38-67-22-26-68(27-23-67)47-12-15-50(61-36-47)59(75)69-28-24-66(25-29-69)37-42-16-19-65(20-17-42)30-31-76-49-9-7-8-45(33-49)58(74)70-21-18-54-53(39-70)63-55(71(54)40(2)3)57(73)62-46-10-13-48(14-11-46)77-41(4)5;;/h7-15,32-36,40-42H,6,16-31,37-39H2,1-5H3,(H,62,73)(H,64,72);2*1H. The first kappa shape index (κ1) is 53.3. The Morgan fingerprint density at radius 2 is 1.55 bits per heavy atom. The van der Waals surface area contributed by atoms with E-state index in [1.54, 1.807) is 4.90 Å². The van der Waals surface area contributed by atoms with Gasteiger partial charge < -0.3 is 39.0 Å². The lowest BCUT2D eigenvalue weighted by molar-refractivity contribution is 0.0578. The Bertz CT molecular complexity index is 3090. The number of anilines is 2. The smallest absolute Gasteiger partial charge is 0.291 e. The summed E-state index contributed by atoms with van der Waals surface area (Å²) in [5.41, 5.74) is 7.85. The largest absolute Gasteiger partial charge is 0.492 e. The molecule has 3 saturated heterocycles. The normalized spacial score (nSPS) is 17.1. The van der Waals surface area contributed by atoms with Crippen molar-refractivity contribution >= 4 is 40.1 Å². The van der Waals surface area contributed by atoms with Crippen LogP contribution in [0.25, 0.3) is 11.0 Å². The number of ether oxygens (including phenoxy) is 2. The number of aromatic nitrogens is 5. The van der Waals surface area contributed by atoms with Gasteiger partial charge in [0.2, 0.25) is 0 Å². The van der Waals surface area contributed by atoms with Crippen LogP contribution < -0.4 is 25.2 Å². The second-order valence-electron chi connectivity index (χ2n) is 21.6. The van der Waals surface area contributed by atoms with E-state index in [0.717, 1.165) is 130 Å². The summed E-state index contributed by atoms with van der Waals surface area (Å²) in [6, 6.07) is 22.6. The summed E-state index contributed by atoms with van der Waals surface area (Å²) in [6.07, 6.45) is 7.34. The molecule has 0 saturated carbocycles. The fraction of sp³-hybridized carbons (Fsp3) is 0.475. The third-order valence-electron chi connectivity index (χ3n) is 15.5. The highest BCUT2D eigenvalue weighted by atomic mass is 16.5. The molecule has 4 aliphatic heterocycles. The number of pyridine rings is 3. The number of fused-ring (bicyclic) bond motifs is 2. The van der Waals surface area contributed by atoms with E-state index in [2.05, 4.69) is 39.9 Å². The van der Waals surface area contributed by atoms with Gasteiger partial charge in [0, 0.05) is 123 Å². The van der Waals surface area contributed by atoms with Gasteiger partial charge in [0.15, 0.2) is 5.82 Å². The average molecular weight is 1050 g/mol. The predicted octanol–water partition coefficient (Wildman–Crippen LogP) is 7.26. The molecule has 18 heteroatoms. The Kier molecular flexibility index (Phi) is 16.6. The minimum absolute atomic E-state index is 0. The molecule has 0 bridgehead atoms. The number of carbonyl (C=O) groups excluding carboxylic acids is 3. The first-order valence-corrected chi connectivity index (χ1v) is 27.7. The van der Waals surface area contributed by atoms with E-state index in [1.165, 1.54) is 0 Å². The summed E-state index contributed by atoms with van der Waals surface area (Å²) >= 11 is 0. The Labute approximate surface area is 454 Å². The molecule has 2 N–H and O–H groups in total. The maximum Gasteiger partial charge on any atom is 0.291 e. The number of hydrogen-bond donors (Lipinski definition) is 2. The van der Waals surface area contributed by atoms with Crippen LogP contribution in [0.1, 0.15) is 110 Å². The zero-order valence-corrected chi connectivity index (χ0v) is 45.4. The summed E-state index contributed by atoms with van der Waals surface area (Å²) < 4.78 is 14.0. The van der Waals surface area contributed by atoms with Crippen LogP contribution in [0, 0.1) is 5.92 Å². The highest BCUT2D eigenvalue weighted by Gasteiger charge is 2.31. The third-order valence-corrected chi connectivity index (χ3v) is 15.5. The van der Waals surface area contributed by atoms with Crippen molar-refractivity contribution in [1.82, 2.24) is 49.0 Å². The number of nitrogens with one attached hydrogen (secondary N) is 2. The third kappa shape index (κ3) is 12.8. The van der Waals surface area contributed by atoms with Crippen LogP contribution >= 0.6 is 0 Å². The second-order valence-corrected chi connectivity index (χ2v) is 21.6. The van der Waals surface area contributed by atoms with Crippen LogP contribution in [0.3, 0.4) is 0 Å². The van der Waals surface area contributed by atoms with Gasteiger partial charge in [-0.1, -0.05) is 13.0 Å². The van der Waals surface area contributed by atoms with Crippen molar-refractivity contribution in [2.75, 3.05) is 102 Å². The molecule has 4 aromatic heterocycles. The van der Waals surface area contributed by atoms with Gasteiger partial charge in [0.05, 0.1) is 41.3 Å². The number of aromatic amines is 1. The van der Waals surface area contributed by atoms with Gasteiger partial charge in [-0.05, 0) is 138 Å². The van der Waals surface area contributed by atoms with Gasteiger partial charge in [-0.15, -0.1) is 0 Å². The Morgan fingerprint density at radius 1 is 0.779 bits per heavy atom. The number of benzene rings is 2. The SMILES string of the molecule is CCc1cc2ncc(CN3CCN(c4ccc(C(=O)N5CCN(CC6CCN(CCOc7cccc(C(=O)N8CCc9c(nc(C(=O)Nc%10ccc(OC(C)C)cc%10)n9C(C)C)C8)c7)CC6)CC5)nc4)CC3)cc2[nH]c1=O.[HH].[HH]. The number of imidazole rings is 1. The molecule has 3 amide bonds. The van der Waals surface area contributed by atoms with Crippen molar-refractivity contribution in [2.24, 2.45) is 5.92 Å². The van der Waals surface area contributed by atoms with Crippen LogP contribution in [0.2, 0.25) is 0 Å².